The van der Waals surface area contributed by atoms with Crippen LogP contribution in [0.1, 0.15) is 12.5 Å². The highest BCUT2D eigenvalue weighted by molar-refractivity contribution is 5.88. The molecule has 0 aliphatic carbocycles. The Kier molecular flexibility index (Phi) is 2.65. The Hall–Kier alpha value is -1.84. The number of anilines is 1. The van der Waals surface area contributed by atoms with E-state index in [1.165, 1.54) is 13.2 Å². The van der Waals surface area contributed by atoms with Crippen LogP contribution in [0.4, 0.5) is 14.5 Å². The van der Waals surface area contributed by atoms with Gasteiger partial charge in [-0.3, -0.25) is 0 Å². The topological polar surface area (TPSA) is 12.5 Å². The summed E-state index contributed by atoms with van der Waals surface area (Å²) < 4.78 is 32.2. The van der Waals surface area contributed by atoms with Gasteiger partial charge in [-0.05, 0) is 13.0 Å². The maximum atomic E-state index is 13.8. The molecule has 0 saturated heterocycles. The first-order valence-corrected chi connectivity index (χ1v) is 5.14. The van der Waals surface area contributed by atoms with Gasteiger partial charge in [0.25, 0.3) is 0 Å². The molecule has 0 aromatic heterocycles. The largest absolute Gasteiger partial charge is 0.494 e. The molecule has 0 radical (unpaired) electrons. The van der Waals surface area contributed by atoms with E-state index in [9.17, 15) is 8.78 Å². The third kappa shape index (κ3) is 1.60. The fraction of sp³-hybridized carbons (Fsp3) is 0.231. The van der Waals surface area contributed by atoms with Crippen molar-refractivity contribution in [1.29, 1.82) is 0 Å². The summed E-state index contributed by atoms with van der Waals surface area (Å²) in [4.78, 5) is 1.69. The first-order valence-electron chi connectivity index (χ1n) is 5.14. The smallest absolute Gasteiger partial charge is 0.145 e. The van der Waals surface area contributed by atoms with E-state index < -0.39 is 11.6 Å². The summed E-state index contributed by atoms with van der Waals surface area (Å²) in [5.41, 5.74) is 1.97. The van der Waals surface area contributed by atoms with Gasteiger partial charge in [0.15, 0.2) is 0 Å². The molecule has 2 nitrogen and oxygen atoms in total. The molecule has 0 saturated carbocycles. The Balaban J connectivity index is 2.72. The van der Waals surface area contributed by atoms with Crippen LogP contribution in [0.25, 0.3) is 5.57 Å². The Labute approximate surface area is 98.8 Å². The number of nitrogens with zero attached hydrogens (tertiary/aromatic N) is 1. The van der Waals surface area contributed by atoms with Gasteiger partial charge < -0.3 is 9.64 Å². The molecule has 2 rings (SSSR count). The SMILES string of the molecule is C=C1C(OC)=C(C)N(C)c2cc(F)cc(F)c21. The lowest BCUT2D eigenvalue weighted by atomic mass is 9.97. The maximum Gasteiger partial charge on any atom is 0.145 e. The summed E-state index contributed by atoms with van der Waals surface area (Å²) in [5.74, 6) is -0.709. The van der Waals surface area contributed by atoms with E-state index in [-0.39, 0.29) is 5.56 Å². The molecule has 1 heterocycles. The minimum absolute atomic E-state index is 0.288. The van der Waals surface area contributed by atoms with Crippen molar-refractivity contribution in [1.82, 2.24) is 0 Å². The predicted molar refractivity (Wildman–Crippen MR) is 63.5 cm³/mol. The molecule has 0 unspecified atom stereocenters. The van der Waals surface area contributed by atoms with E-state index in [1.54, 1.807) is 11.9 Å². The Morgan fingerprint density at radius 1 is 1.29 bits per heavy atom. The van der Waals surface area contributed by atoms with E-state index in [0.29, 0.717) is 17.0 Å². The molecule has 1 aliphatic heterocycles. The zero-order valence-corrected chi connectivity index (χ0v) is 9.97. The molecule has 1 aliphatic rings. The number of benzene rings is 1. The van der Waals surface area contributed by atoms with Crippen molar-refractivity contribution in [3.05, 3.63) is 47.4 Å². The Morgan fingerprint density at radius 2 is 1.94 bits per heavy atom. The molecule has 0 atom stereocenters. The summed E-state index contributed by atoms with van der Waals surface area (Å²) in [7, 11) is 3.24. The van der Waals surface area contributed by atoms with Crippen LogP contribution >= 0.6 is 0 Å². The summed E-state index contributed by atoms with van der Waals surface area (Å²) in [6, 6.07) is 2.14. The maximum absolute atomic E-state index is 13.8. The minimum atomic E-state index is -0.626. The number of hydrogen-bond acceptors (Lipinski definition) is 2. The average Bonchev–Trinajstić information content (AvgIpc) is 2.25. The van der Waals surface area contributed by atoms with Crippen molar-refractivity contribution in [2.24, 2.45) is 0 Å². The normalized spacial score (nSPS) is 15.1. The number of hydrogen-bond donors (Lipinski definition) is 0. The number of rotatable bonds is 1. The molecular formula is C13H13F2NO. The fourth-order valence-corrected chi connectivity index (χ4v) is 2.06. The molecule has 0 N–H and O–H groups in total. The van der Waals surface area contributed by atoms with Gasteiger partial charge in [-0.2, -0.15) is 0 Å². The standard InChI is InChI=1S/C13H13F2NO/c1-7-12-10(15)5-9(14)6-11(12)16(3)8(2)13(7)17-4/h5-6H,1H2,2-4H3. The van der Waals surface area contributed by atoms with Crippen LogP contribution < -0.4 is 4.90 Å². The second kappa shape index (κ2) is 3.87. The summed E-state index contributed by atoms with van der Waals surface area (Å²) >= 11 is 0. The van der Waals surface area contributed by atoms with E-state index in [2.05, 4.69) is 6.58 Å². The highest BCUT2D eigenvalue weighted by Crippen LogP contribution is 2.40. The first-order chi connectivity index (χ1) is 7.97. The van der Waals surface area contributed by atoms with Gasteiger partial charge in [0.05, 0.1) is 18.5 Å². The van der Waals surface area contributed by atoms with Gasteiger partial charge >= 0.3 is 0 Å². The fourth-order valence-electron chi connectivity index (χ4n) is 2.06. The quantitative estimate of drug-likeness (QED) is 0.743. The molecule has 90 valence electrons. The van der Waals surface area contributed by atoms with Gasteiger partial charge in [-0.1, -0.05) is 6.58 Å². The second-order valence-electron chi connectivity index (χ2n) is 3.94. The number of allylic oxidation sites excluding steroid dienone is 2. The van der Waals surface area contributed by atoms with Crippen LogP contribution in [0.15, 0.2) is 30.2 Å². The number of fused-ring (bicyclic) bond motifs is 1. The summed E-state index contributed by atoms with van der Waals surface area (Å²) in [6.45, 7) is 5.63. The van der Waals surface area contributed by atoms with Crippen LogP contribution in [0.3, 0.4) is 0 Å². The van der Waals surface area contributed by atoms with E-state index in [1.807, 2.05) is 6.92 Å². The molecule has 17 heavy (non-hydrogen) atoms. The Morgan fingerprint density at radius 3 is 2.53 bits per heavy atom. The highest BCUT2D eigenvalue weighted by atomic mass is 19.1. The van der Waals surface area contributed by atoms with Crippen molar-refractivity contribution in [3.8, 4) is 0 Å². The van der Waals surface area contributed by atoms with E-state index >= 15 is 0 Å². The van der Waals surface area contributed by atoms with Crippen LogP contribution in [0, 0.1) is 11.6 Å². The molecule has 0 spiro atoms. The number of halogens is 2. The molecule has 0 bridgehead atoms. The number of ether oxygens (including phenoxy) is 1. The predicted octanol–water partition coefficient (Wildman–Crippen LogP) is 3.31. The van der Waals surface area contributed by atoms with Crippen molar-refractivity contribution < 1.29 is 13.5 Å². The average molecular weight is 237 g/mol. The molecule has 0 amide bonds. The molecule has 1 aromatic carbocycles. The van der Waals surface area contributed by atoms with Gasteiger partial charge in [-0.15, -0.1) is 0 Å². The molecule has 0 fully saturated rings. The zero-order chi connectivity index (χ0) is 12.7. The zero-order valence-electron chi connectivity index (χ0n) is 9.97. The third-order valence-corrected chi connectivity index (χ3v) is 3.01. The summed E-state index contributed by atoms with van der Waals surface area (Å²) in [5, 5.41) is 0. The minimum Gasteiger partial charge on any atom is -0.494 e. The second-order valence-corrected chi connectivity index (χ2v) is 3.94. The van der Waals surface area contributed by atoms with Gasteiger partial charge in [0.1, 0.15) is 17.4 Å². The third-order valence-electron chi connectivity index (χ3n) is 3.01. The van der Waals surface area contributed by atoms with Crippen LogP contribution in [-0.4, -0.2) is 14.2 Å². The van der Waals surface area contributed by atoms with Crippen LogP contribution in [0.5, 0.6) is 0 Å². The molecular weight excluding hydrogens is 224 g/mol. The van der Waals surface area contributed by atoms with Crippen molar-refractivity contribution in [2.45, 2.75) is 6.92 Å². The van der Waals surface area contributed by atoms with E-state index in [0.717, 1.165) is 11.8 Å². The van der Waals surface area contributed by atoms with Crippen molar-refractivity contribution in [3.63, 3.8) is 0 Å². The van der Waals surface area contributed by atoms with Crippen LogP contribution in [0.2, 0.25) is 0 Å². The lowest BCUT2D eigenvalue weighted by Gasteiger charge is -2.31. The van der Waals surface area contributed by atoms with Crippen LogP contribution in [-0.2, 0) is 4.74 Å². The van der Waals surface area contributed by atoms with Gasteiger partial charge in [-0.25, -0.2) is 8.78 Å². The van der Waals surface area contributed by atoms with Gasteiger partial charge in [0, 0.05) is 24.3 Å². The van der Waals surface area contributed by atoms with E-state index in [4.69, 9.17) is 4.74 Å². The van der Waals surface area contributed by atoms with Crippen molar-refractivity contribution in [2.75, 3.05) is 19.1 Å². The monoisotopic (exact) mass is 237 g/mol. The van der Waals surface area contributed by atoms with Gasteiger partial charge in [0.2, 0.25) is 0 Å². The molecule has 1 aromatic rings. The van der Waals surface area contributed by atoms with Crippen molar-refractivity contribution >= 4 is 11.3 Å². The number of methoxy groups -OCH3 is 1. The lowest BCUT2D eigenvalue weighted by molar-refractivity contribution is 0.304. The Bertz CT molecular complexity index is 534. The molecule has 4 heteroatoms. The lowest BCUT2D eigenvalue weighted by Crippen LogP contribution is -2.23. The summed E-state index contributed by atoms with van der Waals surface area (Å²) in [6.07, 6.45) is 0. The first kappa shape index (κ1) is 11.6. The highest BCUT2D eigenvalue weighted by Gasteiger charge is 2.27.